The molecule has 2 aliphatic carbocycles. The molecule has 2 aliphatic rings. The van der Waals surface area contributed by atoms with Crippen molar-refractivity contribution in [1.82, 2.24) is 10.6 Å². The number of hydrogen-bond acceptors (Lipinski definition) is 8. The predicted molar refractivity (Wildman–Crippen MR) is 169 cm³/mol. The van der Waals surface area contributed by atoms with Gasteiger partial charge >= 0.3 is 24.1 Å². The Balaban J connectivity index is 1.90. The molecule has 0 aromatic rings. The first-order valence-corrected chi connectivity index (χ1v) is 16.1. The third-order valence-electron chi connectivity index (χ3n) is 8.81. The molecular formula is C34H58N2O8. The SMILES string of the molecule is C=C(C)C(=O)OCCOC(=O)NCC1(C)CC(CC2CC(C)(C)CC(C)(CNC(=O)OCCOC(=O)CC)C2)CC(C)(C)C1. The molecule has 2 fully saturated rings. The van der Waals surface area contributed by atoms with Crippen LogP contribution in [0.5, 0.6) is 0 Å². The molecule has 0 aromatic carbocycles. The first kappa shape index (κ1) is 37.4. The summed E-state index contributed by atoms with van der Waals surface area (Å²) in [6.45, 7) is 21.8. The molecule has 10 nitrogen and oxygen atoms in total. The van der Waals surface area contributed by atoms with E-state index in [1.54, 1.807) is 13.8 Å². The summed E-state index contributed by atoms with van der Waals surface area (Å²) in [5.74, 6) is 0.238. The maximum Gasteiger partial charge on any atom is 0.407 e. The van der Waals surface area contributed by atoms with E-state index >= 15 is 0 Å². The van der Waals surface area contributed by atoms with Gasteiger partial charge in [0.15, 0.2) is 0 Å². The van der Waals surface area contributed by atoms with Crippen LogP contribution in [0, 0.1) is 33.5 Å². The van der Waals surface area contributed by atoms with Gasteiger partial charge < -0.3 is 29.6 Å². The van der Waals surface area contributed by atoms with Crippen molar-refractivity contribution in [3.05, 3.63) is 12.2 Å². The fraction of sp³-hybridized carbons (Fsp3) is 0.824. The molecule has 0 heterocycles. The molecule has 2 rings (SSSR count). The number of carbonyl (C=O) groups excluding carboxylic acids is 4. The number of hydrogen-bond donors (Lipinski definition) is 2. The second kappa shape index (κ2) is 16.0. The largest absolute Gasteiger partial charge is 0.462 e. The molecule has 10 heteroatoms. The highest BCUT2D eigenvalue weighted by atomic mass is 16.6. The molecule has 44 heavy (non-hydrogen) atoms. The minimum Gasteiger partial charge on any atom is -0.462 e. The molecule has 0 aliphatic heterocycles. The quantitative estimate of drug-likeness (QED) is 0.0964. The van der Waals surface area contributed by atoms with E-state index in [1.807, 2.05) is 0 Å². The zero-order chi connectivity index (χ0) is 33.2. The molecule has 4 atom stereocenters. The highest BCUT2D eigenvalue weighted by Gasteiger charge is 2.45. The Bertz CT molecular complexity index is 1020. The summed E-state index contributed by atoms with van der Waals surface area (Å²) in [7, 11) is 0. The summed E-state index contributed by atoms with van der Waals surface area (Å²) in [6, 6.07) is 0. The van der Waals surface area contributed by atoms with Gasteiger partial charge in [-0.15, -0.1) is 0 Å². The summed E-state index contributed by atoms with van der Waals surface area (Å²) in [4.78, 5) is 47.5. The fourth-order valence-electron chi connectivity index (χ4n) is 8.23. The van der Waals surface area contributed by atoms with Gasteiger partial charge in [-0.2, -0.15) is 0 Å². The van der Waals surface area contributed by atoms with Crippen molar-refractivity contribution in [2.75, 3.05) is 39.5 Å². The van der Waals surface area contributed by atoms with E-state index < -0.39 is 18.2 Å². The molecule has 2 saturated carbocycles. The average molecular weight is 623 g/mol. The maximum absolute atomic E-state index is 12.4. The van der Waals surface area contributed by atoms with Crippen molar-refractivity contribution in [3.8, 4) is 0 Å². The van der Waals surface area contributed by atoms with Gasteiger partial charge in [-0.05, 0) is 85.4 Å². The Morgan fingerprint density at radius 1 is 0.682 bits per heavy atom. The van der Waals surface area contributed by atoms with Crippen LogP contribution in [0.15, 0.2) is 12.2 Å². The standard InChI is InChI=1S/C34H58N2O8/c1-10-27(37)41-11-13-43-29(39)35-22-33(8)18-25(16-31(4,5)20-33)15-26-17-32(6,7)21-34(9,19-26)23-36-30(40)44-14-12-42-28(38)24(2)3/h25-26H,2,10-23H2,1,3-9H3,(H,35,39)(H,36,40). The van der Waals surface area contributed by atoms with Crippen LogP contribution in [0.25, 0.3) is 0 Å². The molecule has 0 saturated heterocycles. The van der Waals surface area contributed by atoms with Gasteiger partial charge in [0, 0.05) is 25.1 Å². The van der Waals surface area contributed by atoms with Crippen LogP contribution >= 0.6 is 0 Å². The molecule has 0 aromatic heterocycles. The van der Waals surface area contributed by atoms with Gasteiger partial charge in [-0.25, -0.2) is 14.4 Å². The van der Waals surface area contributed by atoms with Crippen LogP contribution in [-0.2, 0) is 28.5 Å². The summed E-state index contributed by atoms with van der Waals surface area (Å²) >= 11 is 0. The molecule has 0 radical (unpaired) electrons. The smallest absolute Gasteiger partial charge is 0.407 e. The van der Waals surface area contributed by atoms with E-state index in [0.717, 1.165) is 44.9 Å². The van der Waals surface area contributed by atoms with Crippen LogP contribution in [-0.4, -0.2) is 63.6 Å². The topological polar surface area (TPSA) is 129 Å². The van der Waals surface area contributed by atoms with Crippen LogP contribution in [0.3, 0.4) is 0 Å². The zero-order valence-corrected chi connectivity index (χ0v) is 28.5. The van der Waals surface area contributed by atoms with E-state index in [9.17, 15) is 19.2 Å². The minimum absolute atomic E-state index is 0.00494. The number of nitrogens with one attached hydrogen (secondary N) is 2. The molecule has 4 unspecified atom stereocenters. The van der Waals surface area contributed by atoms with E-state index in [2.05, 4.69) is 58.8 Å². The first-order chi connectivity index (χ1) is 20.3. The monoisotopic (exact) mass is 622 g/mol. The number of rotatable bonds is 14. The average Bonchev–Trinajstić information content (AvgIpc) is 2.88. The van der Waals surface area contributed by atoms with Gasteiger partial charge in [0.25, 0.3) is 0 Å². The number of amides is 2. The maximum atomic E-state index is 12.4. The lowest BCUT2D eigenvalue weighted by Crippen LogP contribution is -2.46. The number of ether oxygens (including phenoxy) is 4. The Morgan fingerprint density at radius 2 is 1.09 bits per heavy atom. The van der Waals surface area contributed by atoms with Crippen molar-refractivity contribution < 1.29 is 38.1 Å². The Kier molecular flexibility index (Phi) is 13.6. The van der Waals surface area contributed by atoms with Gasteiger partial charge in [0.2, 0.25) is 0 Å². The molecule has 2 amide bonds. The lowest BCUT2D eigenvalue weighted by Gasteiger charge is -2.50. The highest BCUT2D eigenvalue weighted by molar-refractivity contribution is 5.86. The van der Waals surface area contributed by atoms with Gasteiger partial charge in [0.05, 0.1) is 0 Å². The normalized spacial score (nSPS) is 27.4. The van der Waals surface area contributed by atoms with Crippen molar-refractivity contribution in [3.63, 3.8) is 0 Å². The van der Waals surface area contributed by atoms with E-state index in [-0.39, 0.29) is 54.1 Å². The van der Waals surface area contributed by atoms with Crippen LogP contribution < -0.4 is 10.6 Å². The fourth-order valence-corrected chi connectivity index (χ4v) is 8.23. The Labute approximate surface area is 264 Å². The molecule has 252 valence electrons. The van der Waals surface area contributed by atoms with E-state index in [4.69, 9.17) is 18.9 Å². The number of carbonyl (C=O) groups is 4. The summed E-state index contributed by atoms with van der Waals surface area (Å²) in [6.07, 6.45) is 6.77. The third-order valence-corrected chi connectivity index (χ3v) is 8.81. The molecule has 0 bridgehead atoms. The first-order valence-electron chi connectivity index (χ1n) is 16.1. The third kappa shape index (κ3) is 13.5. The van der Waals surface area contributed by atoms with Gasteiger partial charge in [-0.3, -0.25) is 4.79 Å². The van der Waals surface area contributed by atoms with Gasteiger partial charge in [-0.1, -0.05) is 55.0 Å². The summed E-state index contributed by atoms with van der Waals surface area (Å²) in [5.41, 5.74) is 0.471. The lowest BCUT2D eigenvalue weighted by molar-refractivity contribution is -0.144. The number of esters is 2. The van der Waals surface area contributed by atoms with Gasteiger partial charge in [0.1, 0.15) is 26.4 Å². The van der Waals surface area contributed by atoms with Crippen LogP contribution in [0.4, 0.5) is 9.59 Å². The van der Waals surface area contributed by atoms with E-state index in [1.165, 1.54) is 0 Å². The Morgan fingerprint density at radius 3 is 1.50 bits per heavy atom. The van der Waals surface area contributed by atoms with Crippen LogP contribution in [0.2, 0.25) is 0 Å². The number of alkyl carbamates (subject to hydrolysis) is 2. The molecule has 0 spiro atoms. The second-order valence-corrected chi connectivity index (χ2v) is 15.6. The van der Waals surface area contributed by atoms with Crippen LogP contribution in [0.1, 0.15) is 107 Å². The summed E-state index contributed by atoms with van der Waals surface area (Å²) in [5, 5.41) is 5.91. The second-order valence-electron chi connectivity index (χ2n) is 15.6. The van der Waals surface area contributed by atoms with Crippen molar-refractivity contribution in [2.45, 2.75) is 107 Å². The molecule has 2 N–H and O–H groups in total. The lowest BCUT2D eigenvalue weighted by atomic mass is 9.56. The highest BCUT2D eigenvalue weighted by Crippen LogP contribution is 2.54. The molecular weight excluding hydrogens is 564 g/mol. The van der Waals surface area contributed by atoms with E-state index in [0.29, 0.717) is 36.9 Å². The zero-order valence-electron chi connectivity index (χ0n) is 28.5. The van der Waals surface area contributed by atoms with Crippen molar-refractivity contribution >= 4 is 24.1 Å². The Hall–Kier alpha value is -2.78. The van der Waals surface area contributed by atoms with Crippen molar-refractivity contribution in [2.24, 2.45) is 33.5 Å². The van der Waals surface area contributed by atoms with Crippen molar-refractivity contribution in [1.29, 1.82) is 0 Å². The predicted octanol–water partition coefficient (Wildman–Crippen LogP) is 6.57. The summed E-state index contributed by atoms with van der Waals surface area (Å²) < 4.78 is 20.4. The minimum atomic E-state index is -0.504.